The molecule has 4 nitrogen and oxygen atoms in total. The molecule has 0 heterocycles. The summed E-state index contributed by atoms with van der Waals surface area (Å²) in [6, 6.07) is 8.25. The van der Waals surface area contributed by atoms with E-state index in [1.54, 1.807) is 7.11 Å². The van der Waals surface area contributed by atoms with Gasteiger partial charge in [0.15, 0.2) is 0 Å². The maximum Gasteiger partial charge on any atom is 0.119 e. The van der Waals surface area contributed by atoms with Gasteiger partial charge in [-0.15, -0.1) is 0 Å². The highest BCUT2D eigenvalue weighted by Gasteiger charge is 2.04. The minimum absolute atomic E-state index is 0.0748. The van der Waals surface area contributed by atoms with Gasteiger partial charge in [0.2, 0.25) is 0 Å². The van der Waals surface area contributed by atoms with Gasteiger partial charge in [0.1, 0.15) is 5.75 Å². The largest absolute Gasteiger partial charge is 0.497 e. The van der Waals surface area contributed by atoms with Crippen LogP contribution in [0.1, 0.15) is 18.5 Å². The molecule has 0 fully saturated rings. The Hall–Kier alpha value is -1.10. The van der Waals surface area contributed by atoms with E-state index in [4.69, 9.17) is 14.6 Å². The molecule has 1 rings (SSSR count). The third-order valence-corrected chi connectivity index (χ3v) is 2.53. The van der Waals surface area contributed by atoms with Crippen LogP contribution in [0.15, 0.2) is 24.3 Å². The lowest BCUT2D eigenvalue weighted by Crippen LogP contribution is -2.23. The van der Waals surface area contributed by atoms with Gasteiger partial charge in [0, 0.05) is 12.6 Å². The van der Waals surface area contributed by atoms with Gasteiger partial charge in [-0.2, -0.15) is 0 Å². The fourth-order valence-corrected chi connectivity index (χ4v) is 1.54. The van der Waals surface area contributed by atoms with Crippen LogP contribution in [0.25, 0.3) is 0 Å². The van der Waals surface area contributed by atoms with Crippen molar-refractivity contribution in [1.82, 2.24) is 5.32 Å². The van der Waals surface area contributed by atoms with Crippen molar-refractivity contribution in [2.24, 2.45) is 0 Å². The topological polar surface area (TPSA) is 50.7 Å². The minimum Gasteiger partial charge on any atom is -0.497 e. The van der Waals surface area contributed by atoms with Gasteiger partial charge in [0.25, 0.3) is 0 Å². The van der Waals surface area contributed by atoms with Crippen LogP contribution in [0.3, 0.4) is 0 Å². The predicted molar refractivity (Wildman–Crippen MR) is 67.3 cm³/mol. The van der Waals surface area contributed by atoms with Crippen LogP contribution < -0.4 is 10.1 Å². The Morgan fingerprint density at radius 2 is 2.18 bits per heavy atom. The molecule has 17 heavy (non-hydrogen) atoms. The Labute approximate surface area is 103 Å². The second kappa shape index (κ2) is 8.06. The van der Waals surface area contributed by atoms with Crippen LogP contribution >= 0.6 is 0 Å². The number of aliphatic hydroxyl groups excluding tert-OH is 1. The molecule has 0 aliphatic carbocycles. The van der Waals surface area contributed by atoms with Gasteiger partial charge in [-0.25, -0.2) is 0 Å². The predicted octanol–water partition coefficient (Wildman–Crippen LogP) is 1.35. The van der Waals surface area contributed by atoms with Crippen molar-refractivity contribution in [2.75, 3.05) is 33.5 Å². The third-order valence-electron chi connectivity index (χ3n) is 2.53. The van der Waals surface area contributed by atoms with Crippen molar-refractivity contribution < 1.29 is 14.6 Å². The molecule has 1 aromatic rings. The number of rotatable bonds is 8. The van der Waals surface area contributed by atoms with Gasteiger partial charge in [0.05, 0.1) is 26.9 Å². The van der Waals surface area contributed by atoms with E-state index in [2.05, 4.69) is 18.3 Å². The summed E-state index contributed by atoms with van der Waals surface area (Å²) in [5.41, 5.74) is 1.19. The molecular formula is C13H21NO3. The third kappa shape index (κ3) is 5.17. The summed E-state index contributed by atoms with van der Waals surface area (Å²) in [5.74, 6) is 0.868. The van der Waals surface area contributed by atoms with E-state index >= 15 is 0 Å². The van der Waals surface area contributed by atoms with Crippen molar-refractivity contribution in [3.8, 4) is 5.75 Å². The first-order valence-electron chi connectivity index (χ1n) is 5.84. The van der Waals surface area contributed by atoms with E-state index in [0.717, 1.165) is 12.3 Å². The quantitative estimate of drug-likeness (QED) is 0.672. The zero-order chi connectivity index (χ0) is 12.5. The molecule has 0 spiro atoms. The van der Waals surface area contributed by atoms with Gasteiger partial charge >= 0.3 is 0 Å². The van der Waals surface area contributed by atoms with Crippen LogP contribution in [-0.4, -0.2) is 38.6 Å². The summed E-state index contributed by atoms with van der Waals surface area (Å²) in [6.07, 6.45) is 0. The van der Waals surface area contributed by atoms with Gasteiger partial charge in [-0.1, -0.05) is 12.1 Å². The maximum absolute atomic E-state index is 8.55. The fraction of sp³-hybridized carbons (Fsp3) is 0.538. The number of ether oxygens (including phenoxy) is 2. The van der Waals surface area contributed by atoms with E-state index in [1.165, 1.54) is 5.56 Å². The van der Waals surface area contributed by atoms with E-state index < -0.39 is 0 Å². The first-order valence-corrected chi connectivity index (χ1v) is 5.84. The maximum atomic E-state index is 8.55. The molecule has 1 aromatic carbocycles. The van der Waals surface area contributed by atoms with Crippen molar-refractivity contribution in [1.29, 1.82) is 0 Å². The second-order valence-corrected chi connectivity index (χ2v) is 3.79. The Kier molecular flexibility index (Phi) is 6.62. The molecule has 0 amide bonds. The molecule has 0 saturated heterocycles. The van der Waals surface area contributed by atoms with Crippen LogP contribution in [0.2, 0.25) is 0 Å². The number of benzene rings is 1. The van der Waals surface area contributed by atoms with Gasteiger partial charge < -0.3 is 19.9 Å². The van der Waals surface area contributed by atoms with Crippen molar-refractivity contribution in [3.05, 3.63) is 29.8 Å². The second-order valence-electron chi connectivity index (χ2n) is 3.79. The van der Waals surface area contributed by atoms with E-state index in [9.17, 15) is 0 Å². The molecule has 0 unspecified atom stereocenters. The smallest absolute Gasteiger partial charge is 0.119 e. The Morgan fingerprint density at radius 3 is 2.88 bits per heavy atom. The highest BCUT2D eigenvalue weighted by molar-refractivity contribution is 5.30. The van der Waals surface area contributed by atoms with Gasteiger partial charge in [-0.05, 0) is 24.6 Å². The van der Waals surface area contributed by atoms with Gasteiger partial charge in [-0.3, -0.25) is 0 Å². The van der Waals surface area contributed by atoms with Crippen LogP contribution in [0, 0.1) is 0 Å². The molecular weight excluding hydrogens is 218 g/mol. The van der Waals surface area contributed by atoms with E-state index in [-0.39, 0.29) is 12.6 Å². The molecule has 0 aliphatic rings. The molecule has 96 valence electrons. The summed E-state index contributed by atoms with van der Waals surface area (Å²) in [7, 11) is 1.67. The number of nitrogens with one attached hydrogen (secondary N) is 1. The summed E-state index contributed by atoms with van der Waals surface area (Å²) in [4.78, 5) is 0. The molecule has 4 heteroatoms. The van der Waals surface area contributed by atoms with Crippen LogP contribution in [0.5, 0.6) is 5.75 Å². The number of methoxy groups -OCH3 is 1. The monoisotopic (exact) mass is 239 g/mol. The SMILES string of the molecule is COc1cccc([C@@H](C)NCCOCCO)c1. The number of aliphatic hydroxyl groups is 1. The summed E-state index contributed by atoms with van der Waals surface area (Å²) in [6.45, 7) is 3.94. The van der Waals surface area contributed by atoms with Crippen LogP contribution in [0.4, 0.5) is 0 Å². The summed E-state index contributed by atoms with van der Waals surface area (Å²) in [5, 5.41) is 11.9. The molecule has 0 aliphatic heterocycles. The Balaban J connectivity index is 2.33. The van der Waals surface area contributed by atoms with Crippen molar-refractivity contribution >= 4 is 0 Å². The minimum atomic E-state index is 0.0748. The molecule has 1 atom stereocenters. The normalized spacial score (nSPS) is 12.4. The zero-order valence-corrected chi connectivity index (χ0v) is 10.5. The van der Waals surface area contributed by atoms with E-state index in [1.807, 2.05) is 18.2 Å². The lowest BCUT2D eigenvalue weighted by Gasteiger charge is -2.15. The summed E-state index contributed by atoms with van der Waals surface area (Å²) < 4.78 is 10.4. The Morgan fingerprint density at radius 1 is 1.35 bits per heavy atom. The standard InChI is InChI=1S/C13H21NO3/c1-11(14-6-8-17-9-7-15)12-4-3-5-13(10-12)16-2/h3-5,10-11,14-15H,6-9H2,1-2H3/t11-/m1/s1. The molecule has 0 radical (unpaired) electrons. The molecule has 0 saturated carbocycles. The lowest BCUT2D eigenvalue weighted by atomic mass is 10.1. The van der Waals surface area contributed by atoms with E-state index in [0.29, 0.717) is 13.2 Å². The van der Waals surface area contributed by atoms with Crippen molar-refractivity contribution in [3.63, 3.8) is 0 Å². The Bertz CT molecular complexity index is 317. The zero-order valence-electron chi connectivity index (χ0n) is 10.5. The molecule has 0 bridgehead atoms. The highest BCUT2D eigenvalue weighted by atomic mass is 16.5. The fourth-order valence-electron chi connectivity index (χ4n) is 1.54. The highest BCUT2D eigenvalue weighted by Crippen LogP contribution is 2.18. The average Bonchev–Trinajstić information content (AvgIpc) is 2.38. The first kappa shape index (κ1) is 14.0. The lowest BCUT2D eigenvalue weighted by molar-refractivity contribution is 0.0928. The number of hydrogen-bond acceptors (Lipinski definition) is 4. The average molecular weight is 239 g/mol. The van der Waals surface area contributed by atoms with Crippen molar-refractivity contribution in [2.45, 2.75) is 13.0 Å². The van der Waals surface area contributed by atoms with Crippen LogP contribution in [-0.2, 0) is 4.74 Å². The summed E-state index contributed by atoms with van der Waals surface area (Å²) >= 11 is 0. The molecule has 0 aromatic heterocycles. The number of hydrogen-bond donors (Lipinski definition) is 2. The first-order chi connectivity index (χ1) is 8.27. The molecule has 2 N–H and O–H groups in total.